The van der Waals surface area contributed by atoms with Crippen LogP contribution < -0.4 is 0 Å². The molecule has 1 aliphatic rings. The van der Waals surface area contributed by atoms with Gasteiger partial charge < -0.3 is 5.11 Å². The number of rotatable bonds is 4. The van der Waals surface area contributed by atoms with Gasteiger partial charge in [0, 0.05) is 28.9 Å². The maximum absolute atomic E-state index is 9.44. The van der Waals surface area contributed by atoms with Gasteiger partial charge in [0.1, 0.15) is 5.01 Å². The van der Waals surface area contributed by atoms with Crippen molar-refractivity contribution in [3.05, 3.63) is 27.9 Å². The van der Waals surface area contributed by atoms with Gasteiger partial charge in [-0.2, -0.15) is 11.3 Å². The van der Waals surface area contributed by atoms with Crippen molar-refractivity contribution in [2.45, 2.75) is 31.8 Å². The lowest BCUT2D eigenvalue weighted by molar-refractivity contribution is 0.0832. The van der Waals surface area contributed by atoms with Crippen molar-refractivity contribution in [3.8, 4) is 10.6 Å². The third kappa shape index (κ3) is 3.05. The molecule has 1 atom stereocenters. The molecule has 102 valence electrons. The second-order valence-electron chi connectivity index (χ2n) is 4.96. The summed E-state index contributed by atoms with van der Waals surface area (Å²) in [5.41, 5.74) is 2.35. The fourth-order valence-electron chi connectivity index (χ4n) is 2.58. The highest BCUT2D eigenvalue weighted by atomic mass is 32.1. The Morgan fingerprint density at radius 2 is 2.32 bits per heavy atom. The molecule has 0 radical (unpaired) electrons. The first-order valence-corrected chi connectivity index (χ1v) is 8.51. The van der Waals surface area contributed by atoms with Crippen molar-refractivity contribution in [2.75, 3.05) is 13.2 Å². The van der Waals surface area contributed by atoms with Crippen LogP contribution in [0.1, 0.15) is 25.0 Å². The van der Waals surface area contributed by atoms with Gasteiger partial charge in [-0.15, -0.1) is 11.3 Å². The van der Waals surface area contributed by atoms with E-state index in [1.54, 1.807) is 22.7 Å². The minimum atomic E-state index is 0.265. The number of nitrogens with zero attached hydrogens (tertiary/aromatic N) is 2. The lowest BCUT2D eigenvalue weighted by Crippen LogP contribution is -2.41. The molecule has 2 aromatic heterocycles. The largest absolute Gasteiger partial charge is 0.395 e. The Kier molecular flexibility index (Phi) is 4.28. The van der Waals surface area contributed by atoms with E-state index < -0.39 is 0 Å². The minimum Gasteiger partial charge on any atom is -0.395 e. The highest BCUT2D eigenvalue weighted by Gasteiger charge is 2.22. The smallest absolute Gasteiger partial charge is 0.124 e. The Balaban J connectivity index is 1.69. The summed E-state index contributed by atoms with van der Waals surface area (Å²) in [5, 5.41) is 16.9. The van der Waals surface area contributed by atoms with Crippen LogP contribution in [-0.2, 0) is 6.54 Å². The summed E-state index contributed by atoms with van der Waals surface area (Å²) in [6.45, 7) is 2.21. The first-order chi connectivity index (χ1) is 9.36. The van der Waals surface area contributed by atoms with Crippen molar-refractivity contribution in [1.82, 2.24) is 9.88 Å². The first-order valence-electron chi connectivity index (χ1n) is 6.68. The van der Waals surface area contributed by atoms with Gasteiger partial charge in [0.15, 0.2) is 0 Å². The van der Waals surface area contributed by atoms with Gasteiger partial charge in [0.05, 0.1) is 12.3 Å². The van der Waals surface area contributed by atoms with Crippen LogP contribution in [0.3, 0.4) is 0 Å². The molecule has 5 heteroatoms. The first kappa shape index (κ1) is 13.2. The van der Waals surface area contributed by atoms with E-state index in [9.17, 15) is 5.11 Å². The Labute approximate surface area is 121 Å². The maximum atomic E-state index is 9.44. The third-order valence-corrected chi connectivity index (χ3v) is 5.27. The van der Waals surface area contributed by atoms with Crippen molar-refractivity contribution >= 4 is 22.7 Å². The Morgan fingerprint density at radius 1 is 1.37 bits per heavy atom. The maximum Gasteiger partial charge on any atom is 0.124 e. The summed E-state index contributed by atoms with van der Waals surface area (Å²) in [4.78, 5) is 7.09. The van der Waals surface area contributed by atoms with Crippen molar-refractivity contribution < 1.29 is 5.11 Å². The molecule has 1 fully saturated rings. The molecule has 0 aromatic carbocycles. The molecular formula is C14H18N2OS2. The molecule has 1 unspecified atom stereocenters. The van der Waals surface area contributed by atoms with Crippen LogP contribution in [0, 0.1) is 0 Å². The van der Waals surface area contributed by atoms with Gasteiger partial charge in [0.2, 0.25) is 0 Å². The molecule has 0 amide bonds. The quantitative estimate of drug-likeness (QED) is 0.940. The number of thiophene rings is 1. The Hall–Kier alpha value is -0.750. The summed E-state index contributed by atoms with van der Waals surface area (Å²) in [5.74, 6) is 0. The van der Waals surface area contributed by atoms with Crippen LogP contribution in [0.4, 0.5) is 0 Å². The highest BCUT2D eigenvalue weighted by Crippen LogP contribution is 2.27. The number of aliphatic hydroxyl groups excluding tert-OH is 1. The molecule has 3 nitrogen and oxygen atoms in total. The van der Waals surface area contributed by atoms with Gasteiger partial charge in [-0.25, -0.2) is 4.98 Å². The van der Waals surface area contributed by atoms with Gasteiger partial charge in [0.25, 0.3) is 0 Å². The van der Waals surface area contributed by atoms with Gasteiger partial charge >= 0.3 is 0 Å². The lowest BCUT2D eigenvalue weighted by Gasteiger charge is -2.33. The van der Waals surface area contributed by atoms with E-state index in [1.807, 2.05) is 0 Å². The van der Waals surface area contributed by atoms with Crippen LogP contribution in [0.5, 0.6) is 0 Å². The van der Waals surface area contributed by atoms with E-state index in [0.717, 1.165) is 30.2 Å². The number of aliphatic hydroxyl groups is 1. The fraction of sp³-hybridized carbons (Fsp3) is 0.500. The summed E-state index contributed by atoms with van der Waals surface area (Å²) in [6, 6.07) is 2.44. The monoisotopic (exact) mass is 294 g/mol. The SMILES string of the molecule is OCC1CCCCN1Cc1csc(-c2ccsc2)n1. The molecule has 0 aliphatic carbocycles. The molecule has 3 rings (SSSR count). The predicted molar refractivity (Wildman–Crippen MR) is 80.6 cm³/mol. The van der Waals surface area contributed by atoms with Gasteiger partial charge in [-0.1, -0.05) is 6.42 Å². The zero-order chi connectivity index (χ0) is 13.1. The van der Waals surface area contributed by atoms with E-state index in [1.165, 1.54) is 18.4 Å². The van der Waals surface area contributed by atoms with Crippen molar-refractivity contribution in [3.63, 3.8) is 0 Å². The van der Waals surface area contributed by atoms with Crippen LogP contribution >= 0.6 is 22.7 Å². The minimum absolute atomic E-state index is 0.265. The molecule has 0 bridgehead atoms. The van der Waals surface area contributed by atoms with E-state index in [0.29, 0.717) is 6.04 Å². The van der Waals surface area contributed by atoms with Gasteiger partial charge in [-0.05, 0) is 30.8 Å². The van der Waals surface area contributed by atoms with Crippen molar-refractivity contribution in [1.29, 1.82) is 0 Å². The molecule has 2 aromatic rings. The molecule has 19 heavy (non-hydrogen) atoms. The van der Waals surface area contributed by atoms with Crippen LogP contribution in [-0.4, -0.2) is 34.2 Å². The second-order valence-corrected chi connectivity index (χ2v) is 6.60. The average molecular weight is 294 g/mol. The fourth-order valence-corrected chi connectivity index (χ4v) is 4.10. The van der Waals surface area contributed by atoms with E-state index in [2.05, 4.69) is 27.1 Å². The molecule has 1 saturated heterocycles. The van der Waals surface area contributed by atoms with Crippen LogP contribution in [0.15, 0.2) is 22.2 Å². The number of thiazole rings is 1. The molecule has 0 saturated carbocycles. The average Bonchev–Trinajstić information content (AvgIpc) is 3.09. The number of likely N-dealkylation sites (tertiary alicyclic amines) is 1. The topological polar surface area (TPSA) is 36.4 Å². The second kappa shape index (κ2) is 6.13. The standard InChI is InChI=1S/C14H18N2OS2/c17-8-13-3-1-2-5-16(13)7-12-10-19-14(15-12)11-4-6-18-9-11/h4,6,9-10,13,17H,1-3,5,7-8H2. The Morgan fingerprint density at radius 3 is 3.11 bits per heavy atom. The highest BCUT2D eigenvalue weighted by molar-refractivity contribution is 7.14. The summed E-state index contributed by atoms with van der Waals surface area (Å²) < 4.78 is 0. The van der Waals surface area contributed by atoms with Crippen LogP contribution in [0.2, 0.25) is 0 Å². The summed E-state index contributed by atoms with van der Waals surface area (Å²) in [7, 11) is 0. The molecular weight excluding hydrogens is 276 g/mol. The van der Waals surface area contributed by atoms with E-state index >= 15 is 0 Å². The number of hydrogen-bond acceptors (Lipinski definition) is 5. The number of piperidine rings is 1. The van der Waals surface area contributed by atoms with Crippen molar-refractivity contribution in [2.24, 2.45) is 0 Å². The van der Waals surface area contributed by atoms with Gasteiger partial charge in [-0.3, -0.25) is 4.90 Å². The summed E-state index contributed by atoms with van der Waals surface area (Å²) >= 11 is 3.42. The third-order valence-electron chi connectivity index (χ3n) is 3.64. The normalized spacial score (nSPS) is 20.8. The van der Waals surface area contributed by atoms with E-state index in [4.69, 9.17) is 4.98 Å². The number of aromatic nitrogens is 1. The summed E-state index contributed by atoms with van der Waals surface area (Å²) in [6.07, 6.45) is 3.58. The predicted octanol–water partition coefficient (Wildman–Crippen LogP) is 3.22. The molecule has 3 heterocycles. The number of hydrogen-bond donors (Lipinski definition) is 1. The van der Waals surface area contributed by atoms with Crippen LogP contribution in [0.25, 0.3) is 10.6 Å². The Bertz CT molecular complexity index is 509. The molecule has 0 spiro atoms. The lowest BCUT2D eigenvalue weighted by atomic mass is 10.0. The molecule has 1 N–H and O–H groups in total. The zero-order valence-electron chi connectivity index (χ0n) is 10.8. The zero-order valence-corrected chi connectivity index (χ0v) is 12.4. The molecule has 1 aliphatic heterocycles. The van der Waals surface area contributed by atoms with E-state index in [-0.39, 0.29) is 6.61 Å².